The summed E-state index contributed by atoms with van der Waals surface area (Å²) in [7, 11) is 0. The lowest BCUT2D eigenvalue weighted by molar-refractivity contribution is -0.313. The van der Waals surface area contributed by atoms with Gasteiger partial charge in [0.15, 0.2) is 5.79 Å². The molecule has 160 valence electrons. The number of hydrogen-bond acceptors (Lipinski definition) is 5. The van der Waals surface area contributed by atoms with Crippen molar-refractivity contribution >= 4 is 11.8 Å². The minimum atomic E-state index is -0.361. The van der Waals surface area contributed by atoms with Crippen LogP contribution < -0.4 is 10.9 Å². The first-order chi connectivity index (χ1) is 13.4. The third-order valence-electron chi connectivity index (χ3n) is 8.21. The molecule has 2 aliphatic heterocycles. The van der Waals surface area contributed by atoms with Crippen molar-refractivity contribution in [2.75, 3.05) is 13.2 Å². The number of hydrogen-bond donors (Lipinski definition) is 2. The molecule has 2 N–H and O–H groups in total. The van der Waals surface area contributed by atoms with E-state index in [0.717, 1.165) is 37.9 Å². The number of rotatable bonds is 1. The van der Waals surface area contributed by atoms with Gasteiger partial charge in [-0.1, -0.05) is 46.0 Å². The first kappa shape index (κ1) is 20.1. The molecule has 3 aliphatic carbocycles. The van der Waals surface area contributed by atoms with Crippen LogP contribution in [0.5, 0.6) is 0 Å². The molecule has 1 unspecified atom stereocenters. The molecular formula is C23H40N2O2S. The van der Waals surface area contributed by atoms with Gasteiger partial charge in [-0.25, -0.2) is 10.9 Å². The molecule has 0 amide bonds. The fourth-order valence-corrected chi connectivity index (χ4v) is 8.43. The number of nitrogens with one attached hydrogen (secondary N) is 2. The van der Waals surface area contributed by atoms with Crippen molar-refractivity contribution in [2.45, 2.75) is 113 Å². The molecule has 0 radical (unpaired) electrons. The Morgan fingerprint density at radius 2 is 1.36 bits per heavy atom. The van der Waals surface area contributed by atoms with Gasteiger partial charge in [-0.05, 0) is 50.4 Å². The molecular weight excluding hydrogens is 368 g/mol. The van der Waals surface area contributed by atoms with Gasteiger partial charge in [-0.2, -0.15) is 0 Å². The van der Waals surface area contributed by atoms with Crippen LogP contribution in [0.2, 0.25) is 0 Å². The molecule has 4 nitrogen and oxygen atoms in total. The first-order valence-corrected chi connectivity index (χ1v) is 12.8. The predicted molar refractivity (Wildman–Crippen MR) is 115 cm³/mol. The summed E-state index contributed by atoms with van der Waals surface area (Å²) in [6.07, 6.45) is 17.3. The number of ether oxygens (including phenoxy) is 2. The molecule has 0 aromatic carbocycles. The van der Waals surface area contributed by atoms with Gasteiger partial charge in [0.25, 0.3) is 0 Å². The lowest BCUT2D eigenvalue weighted by Gasteiger charge is -2.50. The van der Waals surface area contributed by atoms with Gasteiger partial charge in [0.2, 0.25) is 0 Å². The van der Waals surface area contributed by atoms with E-state index in [1.165, 1.54) is 70.6 Å². The second kappa shape index (κ2) is 7.40. The molecule has 5 fully saturated rings. The molecule has 0 aromatic rings. The van der Waals surface area contributed by atoms with Gasteiger partial charge in [0.1, 0.15) is 0 Å². The highest BCUT2D eigenvalue weighted by Gasteiger charge is 2.57. The van der Waals surface area contributed by atoms with Gasteiger partial charge in [-0.15, -0.1) is 11.8 Å². The van der Waals surface area contributed by atoms with E-state index < -0.39 is 0 Å². The monoisotopic (exact) mass is 408 g/mol. The van der Waals surface area contributed by atoms with Crippen molar-refractivity contribution in [3.63, 3.8) is 0 Å². The summed E-state index contributed by atoms with van der Waals surface area (Å²) in [5.41, 5.74) is 7.71. The Balaban J connectivity index is 1.21. The molecule has 2 saturated heterocycles. The van der Waals surface area contributed by atoms with Crippen molar-refractivity contribution in [3.05, 3.63) is 0 Å². The summed E-state index contributed by atoms with van der Waals surface area (Å²) in [5, 5.41) is 0. The Labute approximate surface area is 175 Å². The SMILES string of the molecule is CC1(C)COC2(CCCC3(C2)NNC2(CCC(C4CCCCC4)CC2)S3)OC1. The predicted octanol–water partition coefficient (Wildman–Crippen LogP) is 5.33. The largest absolute Gasteiger partial charge is 0.349 e. The molecule has 3 spiro atoms. The molecule has 3 saturated carbocycles. The van der Waals surface area contributed by atoms with Crippen molar-refractivity contribution in [1.29, 1.82) is 0 Å². The second-order valence-corrected chi connectivity index (χ2v) is 13.0. The summed E-state index contributed by atoms with van der Waals surface area (Å²) in [5.74, 6) is 1.64. The summed E-state index contributed by atoms with van der Waals surface area (Å²) in [6, 6.07) is 0. The molecule has 1 atom stereocenters. The first-order valence-electron chi connectivity index (χ1n) is 11.9. The highest BCUT2D eigenvalue weighted by atomic mass is 32.2. The van der Waals surface area contributed by atoms with Crippen molar-refractivity contribution < 1.29 is 9.47 Å². The van der Waals surface area contributed by atoms with Crippen molar-refractivity contribution in [2.24, 2.45) is 17.3 Å². The van der Waals surface area contributed by atoms with Crippen LogP contribution in [0.1, 0.15) is 97.3 Å². The summed E-state index contributed by atoms with van der Waals surface area (Å²) < 4.78 is 12.8. The zero-order valence-corrected chi connectivity index (χ0v) is 18.8. The Kier molecular flexibility index (Phi) is 5.32. The van der Waals surface area contributed by atoms with Gasteiger partial charge in [0.05, 0.1) is 23.0 Å². The maximum Gasteiger partial charge on any atom is 0.170 e. The quantitative estimate of drug-likeness (QED) is 0.613. The van der Waals surface area contributed by atoms with Crippen LogP contribution in [0.3, 0.4) is 0 Å². The Hall–Kier alpha value is 0.190. The van der Waals surface area contributed by atoms with Crippen LogP contribution in [-0.4, -0.2) is 28.7 Å². The average molecular weight is 409 g/mol. The highest BCUT2D eigenvalue weighted by molar-refractivity contribution is 8.02. The smallest absolute Gasteiger partial charge is 0.170 e. The Morgan fingerprint density at radius 1 is 0.714 bits per heavy atom. The molecule has 28 heavy (non-hydrogen) atoms. The Morgan fingerprint density at radius 3 is 2.07 bits per heavy atom. The minimum Gasteiger partial charge on any atom is -0.349 e. The fourth-order valence-electron chi connectivity index (χ4n) is 6.50. The van der Waals surface area contributed by atoms with Crippen molar-refractivity contribution in [3.8, 4) is 0 Å². The molecule has 5 aliphatic rings. The fraction of sp³-hybridized carbons (Fsp3) is 1.00. The van der Waals surface area contributed by atoms with Crippen LogP contribution in [0, 0.1) is 17.3 Å². The van der Waals surface area contributed by atoms with E-state index >= 15 is 0 Å². The standard InChI is InChI=1S/C23H40N2O2S/c1-20(2)16-26-23(27-17-20)12-6-11-22(15-23)25-24-21(28-22)13-9-19(10-14-21)18-7-4-3-5-8-18/h18-19,24-25H,3-17H2,1-2H3. The minimum absolute atomic E-state index is 0.0808. The summed E-state index contributed by atoms with van der Waals surface area (Å²) in [4.78, 5) is 0.315. The average Bonchev–Trinajstić information content (AvgIpc) is 3.03. The zero-order valence-electron chi connectivity index (χ0n) is 18.0. The van der Waals surface area contributed by atoms with E-state index in [4.69, 9.17) is 9.47 Å². The molecule has 2 heterocycles. The lowest BCUT2D eigenvalue weighted by Crippen LogP contribution is -2.57. The number of hydrazine groups is 1. The topological polar surface area (TPSA) is 42.5 Å². The van der Waals surface area contributed by atoms with E-state index in [9.17, 15) is 0 Å². The number of thioether (sulfide) groups is 1. The normalized spacial score (nSPS) is 38.4. The maximum atomic E-state index is 6.38. The van der Waals surface area contributed by atoms with Crippen LogP contribution in [0.25, 0.3) is 0 Å². The van der Waals surface area contributed by atoms with Crippen LogP contribution in [0.4, 0.5) is 0 Å². The molecule has 5 heteroatoms. The van der Waals surface area contributed by atoms with E-state index in [2.05, 4.69) is 36.5 Å². The Bertz CT molecular complexity index is 559. The van der Waals surface area contributed by atoms with Gasteiger partial charge >= 0.3 is 0 Å². The summed E-state index contributed by atoms with van der Waals surface area (Å²) in [6.45, 7) is 6.11. The highest BCUT2D eigenvalue weighted by Crippen LogP contribution is 2.56. The lowest BCUT2D eigenvalue weighted by atomic mass is 9.72. The third-order valence-corrected chi connectivity index (χ3v) is 9.95. The second-order valence-electron chi connectivity index (χ2n) is 11.3. The maximum absolute atomic E-state index is 6.38. The third kappa shape index (κ3) is 3.91. The van der Waals surface area contributed by atoms with Gasteiger partial charge in [-0.3, -0.25) is 0 Å². The molecule has 0 aromatic heterocycles. The molecule has 5 rings (SSSR count). The zero-order chi connectivity index (χ0) is 19.3. The van der Waals surface area contributed by atoms with E-state index in [-0.39, 0.29) is 20.9 Å². The van der Waals surface area contributed by atoms with E-state index in [0.29, 0.717) is 0 Å². The summed E-state index contributed by atoms with van der Waals surface area (Å²) >= 11 is 2.19. The van der Waals surface area contributed by atoms with Crippen LogP contribution >= 0.6 is 11.8 Å². The molecule has 0 bridgehead atoms. The van der Waals surface area contributed by atoms with Crippen LogP contribution in [0.15, 0.2) is 0 Å². The van der Waals surface area contributed by atoms with Crippen LogP contribution in [-0.2, 0) is 9.47 Å². The van der Waals surface area contributed by atoms with E-state index in [1.54, 1.807) is 0 Å². The van der Waals surface area contributed by atoms with E-state index in [1.807, 2.05) is 0 Å². The van der Waals surface area contributed by atoms with Crippen molar-refractivity contribution in [1.82, 2.24) is 10.9 Å². The van der Waals surface area contributed by atoms with Gasteiger partial charge in [0, 0.05) is 18.3 Å². The van der Waals surface area contributed by atoms with Gasteiger partial charge < -0.3 is 9.47 Å².